The van der Waals surface area contributed by atoms with Gasteiger partial charge in [0.2, 0.25) is 0 Å². The number of carboxylic acids is 1. The zero-order valence-corrected chi connectivity index (χ0v) is 12.9. The SMILES string of the molecule is CCCCCC=CCCC=CCC=CCCCC(=O)O. The van der Waals surface area contributed by atoms with Crippen LogP contribution in [0.1, 0.15) is 71.1 Å². The molecule has 0 aliphatic rings. The van der Waals surface area contributed by atoms with E-state index in [0.29, 0.717) is 0 Å². The van der Waals surface area contributed by atoms with Crippen LogP contribution in [-0.2, 0) is 4.79 Å². The Labute approximate surface area is 124 Å². The minimum atomic E-state index is -0.707. The van der Waals surface area contributed by atoms with E-state index in [-0.39, 0.29) is 6.42 Å². The summed E-state index contributed by atoms with van der Waals surface area (Å²) in [4.78, 5) is 10.3. The first-order valence-corrected chi connectivity index (χ1v) is 7.94. The first-order valence-electron chi connectivity index (χ1n) is 7.94. The van der Waals surface area contributed by atoms with Crippen molar-refractivity contribution in [1.29, 1.82) is 0 Å². The highest BCUT2D eigenvalue weighted by Crippen LogP contribution is 2.02. The van der Waals surface area contributed by atoms with Gasteiger partial charge in [0.25, 0.3) is 0 Å². The van der Waals surface area contributed by atoms with Crippen LogP contribution in [0.3, 0.4) is 0 Å². The largest absolute Gasteiger partial charge is 0.481 e. The van der Waals surface area contributed by atoms with Gasteiger partial charge in [-0.25, -0.2) is 0 Å². The Morgan fingerprint density at radius 2 is 1.35 bits per heavy atom. The quantitative estimate of drug-likeness (QED) is 0.348. The summed E-state index contributed by atoms with van der Waals surface area (Å²) in [6, 6.07) is 0. The first-order chi connectivity index (χ1) is 9.77. The van der Waals surface area contributed by atoms with Crippen LogP contribution < -0.4 is 0 Å². The van der Waals surface area contributed by atoms with Crippen LogP contribution in [-0.4, -0.2) is 11.1 Å². The van der Waals surface area contributed by atoms with Gasteiger partial charge in [0.05, 0.1) is 0 Å². The average Bonchev–Trinajstić information content (AvgIpc) is 2.43. The van der Waals surface area contributed by atoms with Crippen molar-refractivity contribution in [2.75, 3.05) is 0 Å². The molecule has 0 unspecified atom stereocenters. The summed E-state index contributed by atoms with van der Waals surface area (Å²) < 4.78 is 0. The molecule has 1 N–H and O–H groups in total. The number of hydrogen-bond acceptors (Lipinski definition) is 1. The highest BCUT2D eigenvalue weighted by atomic mass is 16.4. The van der Waals surface area contributed by atoms with E-state index in [2.05, 4.69) is 43.4 Å². The third kappa shape index (κ3) is 16.7. The summed E-state index contributed by atoms with van der Waals surface area (Å²) in [5, 5.41) is 8.48. The number of carbonyl (C=O) groups is 1. The normalized spacial score (nSPS) is 12.1. The Morgan fingerprint density at radius 1 is 0.800 bits per heavy atom. The molecule has 0 heterocycles. The molecular formula is C18H30O2. The standard InChI is InChI=1S/C18H30O2/c1-2-3-4-5-6-7-8-9-10-11-12-13-14-15-16-17-18(19)20/h6-7,10-11,13-14H,2-5,8-9,12,15-17H2,1H3,(H,19,20). The maximum absolute atomic E-state index is 10.3. The number of carboxylic acid groups (broad SMARTS) is 1. The van der Waals surface area contributed by atoms with Gasteiger partial charge in [-0.3, -0.25) is 4.79 Å². The van der Waals surface area contributed by atoms with Gasteiger partial charge < -0.3 is 5.11 Å². The lowest BCUT2D eigenvalue weighted by Crippen LogP contribution is -1.92. The van der Waals surface area contributed by atoms with Gasteiger partial charge in [0.15, 0.2) is 0 Å². The fourth-order valence-corrected chi connectivity index (χ4v) is 1.82. The second-order valence-electron chi connectivity index (χ2n) is 5.01. The Kier molecular flexibility index (Phi) is 14.7. The lowest BCUT2D eigenvalue weighted by molar-refractivity contribution is -0.137. The highest BCUT2D eigenvalue weighted by molar-refractivity contribution is 5.66. The molecule has 0 radical (unpaired) electrons. The molecule has 0 aromatic heterocycles. The van der Waals surface area contributed by atoms with E-state index in [0.717, 1.165) is 32.1 Å². The summed E-state index contributed by atoms with van der Waals surface area (Å²) in [6.07, 6.45) is 23.4. The van der Waals surface area contributed by atoms with Crippen LogP contribution in [0.5, 0.6) is 0 Å². The van der Waals surface area contributed by atoms with Gasteiger partial charge >= 0.3 is 5.97 Å². The fraction of sp³-hybridized carbons (Fsp3) is 0.611. The number of hydrogen-bond donors (Lipinski definition) is 1. The molecule has 20 heavy (non-hydrogen) atoms. The molecule has 0 aromatic carbocycles. The maximum atomic E-state index is 10.3. The average molecular weight is 278 g/mol. The molecule has 0 fully saturated rings. The lowest BCUT2D eigenvalue weighted by Gasteiger charge is -1.92. The molecule has 0 saturated heterocycles. The van der Waals surface area contributed by atoms with Gasteiger partial charge in [0.1, 0.15) is 0 Å². The minimum absolute atomic E-state index is 0.269. The topological polar surface area (TPSA) is 37.3 Å². The van der Waals surface area contributed by atoms with Crippen LogP contribution >= 0.6 is 0 Å². The molecule has 0 aliphatic carbocycles. The molecule has 0 rings (SSSR count). The van der Waals surface area contributed by atoms with Crippen LogP contribution in [0.2, 0.25) is 0 Å². The van der Waals surface area contributed by atoms with Gasteiger partial charge in [-0.05, 0) is 44.9 Å². The zero-order chi connectivity index (χ0) is 14.9. The molecule has 0 spiro atoms. The van der Waals surface area contributed by atoms with E-state index in [1.807, 2.05) is 0 Å². The molecule has 0 atom stereocenters. The van der Waals surface area contributed by atoms with Gasteiger partial charge in [0, 0.05) is 6.42 Å². The molecule has 0 saturated carbocycles. The Bertz CT molecular complexity index is 301. The van der Waals surface area contributed by atoms with Crippen LogP contribution in [0.15, 0.2) is 36.5 Å². The second kappa shape index (κ2) is 15.7. The molecule has 0 aromatic rings. The van der Waals surface area contributed by atoms with E-state index in [1.165, 1.54) is 25.7 Å². The van der Waals surface area contributed by atoms with Gasteiger partial charge in [-0.1, -0.05) is 56.2 Å². The van der Waals surface area contributed by atoms with Gasteiger partial charge in [-0.2, -0.15) is 0 Å². The molecule has 0 aliphatic heterocycles. The fourth-order valence-electron chi connectivity index (χ4n) is 1.82. The summed E-state index contributed by atoms with van der Waals surface area (Å²) in [5.74, 6) is -0.707. The van der Waals surface area contributed by atoms with Crippen molar-refractivity contribution >= 4 is 5.97 Å². The maximum Gasteiger partial charge on any atom is 0.303 e. The van der Waals surface area contributed by atoms with Crippen molar-refractivity contribution in [1.82, 2.24) is 0 Å². The van der Waals surface area contributed by atoms with E-state index in [4.69, 9.17) is 5.11 Å². The Morgan fingerprint density at radius 3 is 2.00 bits per heavy atom. The number of allylic oxidation sites excluding steroid dienone is 6. The predicted molar refractivity (Wildman–Crippen MR) is 86.9 cm³/mol. The summed E-state index contributed by atoms with van der Waals surface area (Å²) in [7, 11) is 0. The highest BCUT2D eigenvalue weighted by Gasteiger charge is 1.92. The summed E-state index contributed by atoms with van der Waals surface area (Å²) >= 11 is 0. The molecule has 114 valence electrons. The monoisotopic (exact) mass is 278 g/mol. The van der Waals surface area contributed by atoms with Crippen LogP contribution in [0.25, 0.3) is 0 Å². The van der Waals surface area contributed by atoms with Crippen LogP contribution in [0, 0.1) is 0 Å². The Hall–Kier alpha value is -1.31. The third-order valence-corrected chi connectivity index (χ3v) is 3.01. The number of aliphatic carboxylic acids is 1. The minimum Gasteiger partial charge on any atom is -0.481 e. The molecular weight excluding hydrogens is 248 g/mol. The summed E-state index contributed by atoms with van der Waals surface area (Å²) in [6.45, 7) is 2.23. The van der Waals surface area contributed by atoms with E-state index in [9.17, 15) is 4.79 Å². The van der Waals surface area contributed by atoms with E-state index < -0.39 is 5.97 Å². The third-order valence-electron chi connectivity index (χ3n) is 3.01. The predicted octanol–water partition coefficient (Wildman–Crippen LogP) is 5.66. The van der Waals surface area contributed by atoms with Crippen molar-refractivity contribution in [3.8, 4) is 0 Å². The zero-order valence-electron chi connectivity index (χ0n) is 12.9. The number of rotatable bonds is 13. The molecule has 2 nitrogen and oxygen atoms in total. The van der Waals surface area contributed by atoms with E-state index in [1.54, 1.807) is 0 Å². The van der Waals surface area contributed by atoms with Crippen molar-refractivity contribution < 1.29 is 9.90 Å². The molecule has 0 amide bonds. The first kappa shape index (κ1) is 18.7. The van der Waals surface area contributed by atoms with Crippen molar-refractivity contribution in [3.05, 3.63) is 36.5 Å². The second-order valence-corrected chi connectivity index (χ2v) is 5.01. The van der Waals surface area contributed by atoms with E-state index >= 15 is 0 Å². The van der Waals surface area contributed by atoms with Crippen molar-refractivity contribution in [2.45, 2.75) is 71.1 Å². The van der Waals surface area contributed by atoms with Crippen molar-refractivity contribution in [2.24, 2.45) is 0 Å². The Balaban J connectivity index is 3.31. The van der Waals surface area contributed by atoms with Crippen molar-refractivity contribution in [3.63, 3.8) is 0 Å². The van der Waals surface area contributed by atoms with Crippen LogP contribution in [0.4, 0.5) is 0 Å². The smallest absolute Gasteiger partial charge is 0.303 e. The molecule has 0 bridgehead atoms. The lowest BCUT2D eigenvalue weighted by atomic mass is 10.2. The summed E-state index contributed by atoms with van der Waals surface area (Å²) in [5.41, 5.74) is 0. The number of unbranched alkanes of at least 4 members (excludes halogenated alkanes) is 5. The molecule has 2 heteroatoms. The van der Waals surface area contributed by atoms with Gasteiger partial charge in [-0.15, -0.1) is 0 Å².